The third-order valence-electron chi connectivity index (χ3n) is 4.67. The molecule has 0 saturated heterocycles. The fourth-order valence-corrected chi connectivity index (χ4v) is 3.34. The lowest BCUT2D eigenvalue weighted by atomic mass is 9.93. The standard InChI is InChI=1S/C23H20N2O4/c1-4-12-25(20-14(2)8-7-9-15(20)3)23(29)22(28)24-18-13-19(26)16-10-5-6-11-17(16)21(18)27/h4-11,13H,1,12H2,2-3H3,(H,24,28). The van der Waals surface area contributed by atoms with Crippen LogP contribution in [0, 0.1) is 13.8 Å². The van der Waals surface area contributed by atoms with Crippen molar-refractivity contribution in [1.29, 1.82) is 0 Å². The Kier molecular flexibility index (Phi) is 5.54. The predicted octanol–water partition coefficient (Wildman–Crippen LogP) is 2.90. The first-order valence-corrected chi connectivity index (χ1v) is 9.05. The van der Waals surface area contributed by atoms with E-state index in [-0.39, 0.29) is 23.4 Å². The van der Waals surface area contributed by atoms with Gasteiger partial charge in [-0.1, -0.05) is 48.5 Å². The van der Waals surface area contributed by atoms with Crippen molar-refractivity contribution in [1.82, 2.24) is 5.32 Å². The number of carbonyl (C=O) groups excluding carboxylic acids is 4. The number of aryl methyl sites for hydroxylation is 2. The average molecular weight is 388 g/mol. The van der Waals surface area contributed by atoms with E-state index in [4.69, 9.17) is 0 Å². The van der Waals surface area contributed by atoms with Gasteiger partial charge in [0.05, 0.1) is 11.4 Å². The number of fused-ring (bicyclic) bond motifs is 1. The van der Waals surface area contributed by atoms with Gasteiger partial charge in [0.15, 0.2) is 5.78 Å². The van der Waals surface area contributed by atoms with Crippen molar-refractivity contribution in [3.05, 3.63) is 89.1 Å². The Labute approximate surface area is 168 Å². The van der Waals surface area contributed by atoms with Crippen molar-refractivity contribution in [2.75, 3.05) is 11.4 Å². The highest BCUT2D eigenvalue weighted by Crippen LogP contribution is 2.25. The number of hydrogen-bond acceptors (Lipinski definition) is 4. The molecule has 1 aliphatic carbocycles. The number of ketones is 2. The van der Waals surface area contributed by atoms with Crippen LogP contribution in [-0.4, -0.2) is 29.9 Å². The summed E-state index contributed by atoms with van der Waals surface area (Å²) in [5, 5.41) is 2.31. The van der Waals surface area contributed by atoms with Crippen LogP contribution in [-0.2, 0) is 9.59 Å². The minimum Gasteiger partial charge on any atom is -0.314 e. The largest absolute Gasteiger partial charge is 0.316 e. The van der Waals surface area contributed by atoms with Crippen LogP contribution in [0.25, 0.3) is 0 Å². The molecule has 0 radical (unpaired) electrons. The molecule has 29 heavy (non-hydrogen) atoms. The molecule has 2 amide bonds. The van der Waals surface area contributed by atoms with Crippen LogP contribution in [0.5, 0.6) is 0 Å². The van der Waals surface area contributed by atoms with Gasteiger partial charge in [-0.15, -0.1) is 6.58 Å². The van der Waals surface area contributed by atoms with Crippen LogP contribution in [0.1, 0.15) is 31.8 Å². The Morgan fingerprint density at radius 1 is 1.00 bits per heavy atom. The summed E-state index contributed by atoms with van der Waals surface area (Å²) >= 11 is 0. The van der Waals surface area contributed by atoms with Gasteiger partial charge in [-0.05, 0) is 25.0 Å². The van der Waals surface area contributed by atoms with Crippen LogP contribution in [0.2, 0.25) is 0 Å². The highest BCUT2D eigenvalue weighted by molar-refractivity contribution is 6.42. The van der Waals surface area contributed by atoms with Crippen molar-refractivity contribution in [3.63, 3.8) is 0 Å². The number of rotatable bonds is 4. The van der Waals surface area contributed by atoms with Crippen molar-refractivity contribution in [2.45, 2.75) is 13.8 Å². The summed E-state index contributed by atoms with van der Waals surface area (Å²) in [6.07, 6.45) is 2.56. The van der Waals surface area contributed by atoms with E-state index in [9.17, 15) is 19.2 Å². The second-order valence-electron chi connectivity index (χ2n) is 6.70. The smallest absolute Gasteiger partial charge is 0.314 e. The zero-order chi connectivity index (χ0) is 21.1. The quantitative estimate of drug-likeness (QED) is 0.645. The molecule has 6 heteroatoms. The molecule has 0 bridgehead atoms. The lowest BCUT2D eigenvalue weighted by Gasteiger charge is -2.25. The first-order chi connectivity index (χ1) is 13.8. The highest BCUT2D eigenvalue weighted by Gasteiger charge is 2.30. The summed E-state index contributed by atoms with van der Waals surface area (Å²) in [5.41, 5.74) is 2.51. The maximum atomic E-state index is 12.9. The van der Waals surface area contributed by atoms with Gasteiger partial charge >= 0.3 is 11.8 Å². The third kappa shape index (κ3) is 3.78. The van der Waals surface area contributed by atoms with Crippen LogP contribution in [0.15, 0.2) is 66.9 Å². The number of nitrogens with zero attached hydrogens (tertiary/aromatic N) is 1. The normalized spacial score (nSPS) is 12.7. The molecule has 0 atom stereocenters. The summed E-state index contributed by atoms with van der Waals surface area (Å²) in [6.45, 7) is 7.45. The third-order valence-corrected chi connectivity index (χ3v) is 4.67. The molecule has 146 valence electrons. The highest BCUT2D eigenvalue weighted by atomic mass is 16.2. The van der Waals surface area contributed by atoms with Crippen molar-refractivity contribution < 1.29 is 19.2 Å². The van der Waals surface area contributed by atoms with Gasteiger partial charge in [-0.25, -0.2) is 0 Å². The minimum atomic E-state index is -0.999. The zero-order valence-corrected chi connectivity index (χ0v) is 16.2. The molecule has 0 spiro atoms. The topological polar surface area (TPSA) is 83.6 Å². The Hall–Kier alpha value is -3.80. The van der Waals surface area contributed by atoms with Crippen molar-refractivity contribution in [3.8, 4) is 0 Å². The molecule has 0 heterocycles. The number of amides is 2. The fourth-order valence-electron chi connectivity index (χ4n) is 3.34. The van der Waals surface area contributed by atoms with Crippen LogP contribution in [0.4, 0.5) is 5.69 Å². The molecule has 1 N–H and O–H groups in total. The van der Waals surface area contributed by atoms with Gasteiger partial charge < -0.3 is 5.32 Å². The van der Waals surface area contributed by atoms with E-state index in [0.29, 0.717) is 5.69 Å². The van der Waals surface area contributed by atoms with Gasteiger partial charge in [0.2, 0.25) is 5.78 Å². The SMILES string of the molecule is C=CCN(C(=O)C(=O)NC1=CC(=O)c2ccccc2C1=O)c1c(C)cccc1C. The fraction of sp³-hybridized carbons (Fsp3) is 0.130. The van der Waals surface area contributed by atoms with Crippen molar-refractivity contribution in [2.24, 2.45) is 0 Å². The van der Waals surface area contributed by atoms with E-state index in [1.54, 1.807) is 18.2 Å². The Morgan fingerprint density at radius 3 is 2.24 bits per heavy atom. The van der Waals surface area contributed by atoms with E-state index < -0.39 is 23.4 Å². The van der Waals surface area contributed by atoms with E-state index in [1.165, 1.54) is 17.0 Å². The lowest BCUT2D eigenvalue weighted by molar-refractivity contribution is -0.137. The van der Waals surface area contributed by atoms with Crippen LogP contribution in [0.3, 0.4) is 0 Å². The molecule has 0 aliphatic heterocycles. The first kappa shape index (κ1) is 19.9. The maximum Gasteiger partial charge on any atom is 0.316 e. The number of hydrogen-bond donors (Lipinski definition) is 1. The maximum absolute atomic E-state index is 12.9. The van der Waals surface area contributed by atoms with Crippen LogP contribution < -0.4 is 10.2 Å². The molecule has 0 unspecified atom stereocenters. The zero-order valence-electron chi connectivity index (χ0n) is 16.2. The monoisotopic (exact) mass is 388 g/mol. The molecule has 0 saturated carbocycles. The Morgan fingerprint density at radius 2 is 1.62 bits per heavy atom. The molecule has 0 fully saturated rings. The van der Waals surface area contributed by atoms with Gasteiger partial charge in [-0.2, -0.15) is 0 Å². The van der Waals surface area contributed by atoms with Gasteiger partial charge in [-0.3, -0.25) is 24.1 Å². The van der Waals surface area contributed by atoms with Gasteiger partial charge in [0, 0.05) is 23.7 Å². The molecule has 3 rings (SSSR count). The number of carbonyl (C=O) groups is 4. The molecular formula is C23H20N2O4. The summed E-state index contributed by atoms with van der Waals surface area (Å²) < 4.78 is 0. The number of Topliss-reactive ketones (excluding diaryl/α,β-unsaturated/α-hetero) is 1. The summed E-state index contributed by atoms with van der Waals surface area (Å²) in [6, 6.07) is 11.9. The molecule has 6 nitrogen and oxygen atoms in total. The van der Waals surface area contributed by atoms with Gasteiger partial charge in [0.1, 0.15) is 0 Å². The van der Waals surface area contributed by atoms with E-state index in [0.717, 1.165) is 17.2 Å². The number of benzene rings is 2. The van der Waals surface area contributed by atoms with E-state index >= 15 is 0 Å². The molecular weight excluding hydrogens is 368 g/mol. The second kappa shape index (κ2) is 8.06. The second-order valence-corrected chi connectivity index (χ2v) is 6.70. The number of para-hydroxylation sites is 1. The number of anilines is 1. The number of nitrogens with one attached hydrogen (secondary N) is 1. The Bertz CT molecular complexity index is 1060. The predicted molar refractivity (Wildman–Crippen MR) is 110 cm³/mol. The minimum absolute atomic E-state index is 0.118. The summed E-state index contributed by atoms with van der Waals surface area (Å²) in [7, 11) is 0. The molecule has 0 aromatic heterocycles. The van der Waals surface area contributed by atoms with Gasteiger partial charge in [0.25, 0.3) is 0 Å². The Balaban J connectivity index is 1.88. The van der Waals surface area contributed by atoms with E-state index in [2.05, 4.69) is 11.9 Å². The van der Waals surface area contributed by atoms with E-state index in [1.807, 2.05) is 32.0 Å². The van der Waals surface area contributed by atoms with Crippen molar-refractivity contribution >= 4 is 29.1 Å². The lowest BCUT2D eigenvalue weighted by Crippen LogP contribution is -2.45. The first-order valence-electron chi connectivity index (χ1n) is 9.05. The molecule has 2 aromatic carbocycles. The molecule has 1 aliphatic rings. The molecule has 2 aromatic rings. The number of allylic oxidation sites excluding steroid dienone is 2. The summed E-state index contributed by atoms with van der Waals surface area (Å²) in [4.78, 5) is 51.7. The average Bonchev–Trinajstić information content (AvgIpc) is 2.70. The van der Waals surface area contributed by atoms with Crippen LogP contribution >= 0.6 is 0 Å². The summed E-state index contributed by atoms with van der Waals surface area (Å²) in [5.74, 6) is -2.76.